The number of nitrogens with zero attached hydrogens (tertiary/aromatic N) is 5. The average Bonchev–Trinajstić information content (AvgIpc) is 2.53. The zero-order valence-electron chi connectivity index (χ0n) is 12.9. The summed E-state index contributed by atoms with van der Waals surface area (Å²) in [6, 6.07) is 2.02. The van der Waals surface area contributed by atoms with E-state index in [0.29, 0.717) is 5.92 Å². The average molecular weight is 292 g/mol. The van der Waals surface area contributed by atoms with Crippen molar-refractivity contribution in [3.8, 4) is 0 Å². The van der Waals surface area contributed by atoms with E-state index >= 15 is 0 Å². The van der Waals surface area contributed by atoms with Gasteiger partial charge in [-0.25, -0.2) is 9.97 Å². The Labute approximate surface area is 125 Å². The molecule has 0 saturated carbocycles. The van der Waals surface area contributed by atoms with Crippen LogP contribution in [-0.4, -0.2) is 58.1 Å². The van der Waals surface area contributed by atoms with E-state index in [0.717, 1.165) is 37.7 Å². The Kier molecular flexibility index (Phi) is 4.95. The summed E-state index contributed by atoms with van der Waals surface area (Å²) in [5.74, 6) is 1.63. The van der Waals surface area contributed by atoms with Crippen molar-refractivity contribution in [2.45, 2.75) is 32.7 Å². The molecule has 1 aliphatic rings. The van der Waals surface area contributed by atoms with Crippen LogP contribution in [0.1, 0.15) is 32.4 Å². The summed E-state index contributed by atoms with van der Waals surface area (Å²) in [6.07, 6.45) is 1.63. The van der Waals surface area contributed by atoms with E-state index in [4.69, 9.17) is 10.9 Å². The molecule has 1 atom stereocenters. The van der Waals surface area contributed by atoms with Crippen molar-refractivity contribution in [2.24, 2.45) is 10.9 Å². The van der Waals surface area contributed by atoms with E-state index in [1.165, 1.54) is 0 Å². The highest BCUT2D eigenvalue weighted by Crippen LogP contribution is 2.18. The van der Waals surface area contributed by atoms with E-state index in [2.05, 4.69) is 44.8 Å². The van der Waals surface area contributed by atoms with Crippen molar-refractivity contribution in [1.82, 2.24) is 14.9 Å². The Morgan fingerprint density at radius 1 is 1.24 bits per heavy atom. The molecule has 7 nitrogen and oxygen atoms in total. The summed E-state index contributed by atoms with van der Waals surface area (Å²) in [6.45, 7) is 9.67. The Bertz CT molecular complexity index is 496. The minimum atomic E-state index is -0.0474. The number of hydrogen-bond acceptors (Lipinski definition) is 6. The lowest BCUT2D eigenvalue weighted by Gasteiger charge is -2.38. The van der Waals surface area contributed by atoms with E-state index < -0.39 is 0 Å². The predicted octanol–water partition coefficient (Wildman–Crippen LogP) is 0.857. The van der Waals surface area contributed by atoms with Crippen LogP contribution < -0.4 is 10.6 Å². The molecule has 116 valence electrons. The highest BCUT2D eigenvalue weighted by atomic mass is 16.4. The molecule has 1 saturated heterocycles. The van der Waals surface area contributed by atoms with Crippen molar-refractivity contribution >= 4 is 11.7 Å². The molecule has 7 heteroatoms. The molecule has 1 unspecified atom stereocenters. The maximum atomic E-state index is 8.76. The topological polar surface area (TPSA) is 90.9 Å². The van der Waals surface area contributed by atoms with E-state index in [9.17, 15) is 0 Å². The lowest BCUT2D eigenvalue weighted by Crippen LogP contribution is -2.53. The fourth-order valence-electron chi connectivity index (χ4n) is 2.46. The number of rotatable bonds is 4. The van der Waals surface area contributed by atoms with Crippen molar-refractivity contribution in [3.05, 3.63) is 18.1 Å². The van der Waals surface area contributed by atoms with Gasteiger partial charge < -0.3 is 15.8 Å². The van der Waals surface area contributed by atoms with Crippen LogP contribution in [0.25, 0.3) is 0 Å². The quantitative estimate of drug-likeness (QED) is 0.370. The summed E-state index contributed by atoms with van der Waals surface area (Å²) in [5, 5.41) is 11.8. The number of piperazine rings is 1. The van der Waals surface area contributed by atoms with Gasteiger partial charge in [0.15, 0.2) is 5.84 Å². The minimum Gasteiger partial charge on any atom is -0.409 e. The molecule has 3 N–H and O–H groups in total. The van der Waals surface area contributed by atoms with Crippen LogP contribution in [0.5, 0.6) is 0 Å². The Hall–Kier alpha value is -1.89. The molecule has 1 fully saturated rings. The van der Waals surface area contributed by atoms with E-state index in [1.54, 1.807) is 6.33 Å². The van der Waals surface area contributed by atoms with Gasteiger partial charge in [0.05, 0.1) is 6.04 Å². The maximum Gasteiger partial charge on any atom is 0.156 e. The number of nitrogens with two attached hydrogens (primary N) is 1. The summed E-state index contributed by atoms with van der Waals surface area (Å²) >= 11 is 0. The first-order valence-corrected chi connectivity index (χ1v) is 7.31. The fraction of sp³-hybridized carbons (Fsp3) is 0.643. The molecule has 1 aromatic rings. The summed E-state index contributed by atoms with van der Waals surface area (Å²) in [5.41, 5.74) is 6.73. The second-order valence-electron chi connectivity index (χ2n) is 5.68. The Balaban J connectivity index is 1.99. The molecule has 2 rings (SSSR count). The first kappa shape index (κ1) is 15.5. The van der Waals surface area contributed by atoms with Gasteiger partial charge in [0.25, 0.3) is 0 Å². The molecular formula is C14H24N6O. The molecular weight excluding hydrogens is 268 g/mol. The number of hydrogen-bond donors (Lipinski definition) is 2. The van der Waals surface area contributed by atoms with Gasteiger partial charge in [-0.2, -0.15) is 0 Å². The second kappa shape index (κ2) is 6.71. The molecule has 1 aliphatic heterocycles. The van der Waals surface area contributed by atoms with Crippen LogP contribution in [0.15, 0.2) is 17.5 Å². The lowest BCUT2D eigenvalue weighted by atomic mass is 10.1. The smallest absolute Gasteiger partial charge is 0.156 e. The SMILES string of the molecule is CC(C)c1cc(N2CCN(C(C)C(N)=NO)CC2)ncn1. The fourth-order valence-corrected chi connectivity index (χ4v) is 2.46. The molecule has 0 amide bonds. The van der Waals surface area contributed by atoms with Crippen molar-refractivity contribution in [3.63, 3.8) is 0 Å². The van der Waals surface area contributed by atoms with Crippen molar-refractivity contribution in [2.75, 3.05) is 31.1 Å². The van der Waals surface area contributed by atoms with Crippen LogP contribution in [0, 0.1) is 0 Å². The Morgan fingerprint density at radius 3 is 2.48 bits per heavy atom. The normalized spacial score (nSPS) is 19.0. The molecule has 0 spiro atoms. The predicted molar refractivity (Wildman–Crippen MR) is 82.8 cm³/mol. The van der Waals surface area contributed by atoms with Gasteiger partial charge in [-0.1, -0.05) is 19.0 Å². The number of amidine groups is 1. The molecule has 21 heavy (non-hydrogen) atoms. The van der Waals surface area contributed by atoms with Crippen LogP contribution in [0.4, 0.5) is 5.82 Å². The summed E-state index contributed by atoms with van der Waals surface area (Å²) < 4.78 is 0. The minimum absolute atomic E-state index is 0.0474. The van der Waals surface area contributed by atoms with Crippen LogP contribution in [0.3, 0.4) is 0 Å². The molecule has 0 bridgehead atoms. The van der Waals surface area contributed by atoms with Gasteiger partial charge in [-0.15, -0.1) is 0 Å². The summed E-state index contributed by atoms with van der Waals surface area (Å²) in [7, 11) is 0. The lowest BCUT2D eigenvalue weighted by molar-refractivity contribution is 0.230. The monoisotopic (exact) mass is 292 g/mol. The van der Waals surface area contributed by atoms with Gasteiger partial charge in [0.1, 0.15) is 12.1 Å². The first-order valence-electron chi connectivity index (χ1n) is 7.31. The molecule has 0 aromatic carbocycles. The number of aromatic nitrogens is 2. The molecule has 0 aliphatic carbocycles. The van der Waals surface area contributed by atoms with E-state index in [-0.39, 0.29) is 11.9 Å². The van der Waals surface area contributed by atoms with Crippen LogP contribution >= 0.6 is 0 Å². The first-order chi connectivity index (χ1) is 10.0. The number of anilines is 1. The van der Waals surface area contributed by atoms with Gasteiger partial charge in [-0.05, 0) is 12.8 Å². The zero-order valence-corrected chi connectivity index (χ0v) is 12.9. The summed E-state index contributed by atoms with van der Waals surface area (Å²) in [4.78, 5) is 13.1. The standard InChI is InChI=1S/C14H24N6O/c1-10(2)12-8-13(17-9-16-12)20-6-4-19(5-7-20)11(3)14(15)18-21/h8-11,21H,4-7H2,1-3H3,(H2,15,18). The van der Waals surface area contributed by atoms with Gasteiger partial charge in [0.2, 0.25) is 0 Å². The van der Waals surface area contributed by atoms with Crippen LogP contribution in [0.2, 0.25) is 0 Å². The third-order valence-electron chi connectivity index (χ3n) is 3.99. The van der Waals surface area contributed by atoms with Gasteiger partial charge in [-0.3, -0.25) is 4.90 Å². The van der Waals surface area contributed by atoms with Gasteiger partial charge >= 0.3 is 0 Å². The van der Waals surface area contributed by atoms with Gasteiger partial charge in [0, 0.05) is 37.9 Å². The molecule has 0 radical (unpaired) electrons. The zero-order chi connectivity index (χ0) is 15.4. The maximum absolute atomic E-state index is 8.76. The third kappa shape index (κ3) is 3.60. The second-order valence-corrected chi connectivity index (χ2v) is 5.68. The number of oxime groups is 1. The highest BCUT2D eigenvalue weighted by molar-refractivity contribution is 5.84. The molecule has 2 heterocycles. The van der Waals surface area contributed by atoms with Crippen molar-refractivity contribution < 1.29 is 5.21 Å². The highest BCUT2D eigenvalue weighted by Gasteiger charge is 2.24. The Morgan fingerprint density at radius 2 is 1.90 bits per heavy atom. The van der Waals surface area contributed by atoms with Crippen molar-refractivity contribution in [1.29, 1.82) is 0 Å². The largest absolute Gasteiger partial charge is 0.409 e. The molecule has 1 aromatic heterocycles. The van der Waals surface area contributed by atoms with E-state index in [1.807, 2.05) is 6.92 Å². The third-order valence-corrected chi connectivity index (χ3v) is 3.99. The van der Waals surface area contributed by atoms with Crippen LogP contribution in [-0.2, 0) is 0 Å².